The molecule has 0 saturated heterocycles. The topological polar surface area (TPSA) is 160 Å². The van der Waals surface area contributed by atoms with Crippen LogP contribution in [0.15, 0.2) is 82.8 Å². The van der Waals surface area contributed by atoms with Crippen molar-refractivity contribution in [1.82, 2.24) is 20.2 Å². The third kappa shape index (κ3) is 4.38. The van der Waals surface area contributed by atoms with Crippen LogP contribution in [-0.2, 0) is 20.2 Å². The highest BCUT2D eigenvalue weighted by Crippen LogP contribution is 2.29. The summed E-state index contributed by atoms with van der Waals surface area (Å²) in [5.41, 5.74) is 1.29. The molecule has 2 N–H and O–H groups in total. The number of hydrogen-bond donors (Lipinski definition) is 2. The Balaban J connectivity index is 1.74. The maximum Gasteiger partial charge on any atom is 0.295 e. The first-order chi connectivity index (χ1) is 15.1. The second-order valence-electron chi connectivity index (χ2n) is 6.54. The van der Waals surface area contributed by atoms with Crippen LogP contribution in [0, 0.1) is 0 Å². The number of aromatic nitrogens is 4. The van der Waals surface area contributed by atoms with Gasteiger partial charge in [-0.05, 0) is 18.2 Å². The van der Waals surface area contributed by atoms with E-state index in [1.54, 1.807) is 18.2 Å². The maximum absolute atomic E-state index is 11.7. The van der Waals surface area contributed by atoms with E-state index in [0.717, 1.165) is 0 Å². The van der Waals surface area contributed by atoms with Gasteiger partial charge in [-0.3, -0.25) is 14.1 Å². The fraction of sp³-hybridized carbons (Fsp3) is 0. The largest absolute Gasteiger partial charge is 0.295 e. The zero-order chi connectivity index (χ0) is 22.9. The second-order valence-corrected chi connectivity index (χ2v) is 9.32. The van der Waals surface area contributed by atoms with E-state index in [4.69, 9.17) is 0 Å². The summed E-state index contributed by atoms with van der Waals surface area (Å²) in [5, 5.41) is 7.76. The van der Waals surface area contributed by atoms with Gasteiger partial charge >= 0.3 is 0 Å². The Kier molecular flexibility index (Phi) is 5.52. The van der Waals surface area contributed by atoms with Crippen molar-refractivity contribution in [1.29, 1.82) is 0 Å². The standard InChI is InChI=1S/C20H14N4O6S2/c25-31(26,27)18-7-3-1-5-14(18)13-9-10-16(21-11-13)20-23-17(12-22-24-20)15-6-2-4-8-19(15)32(28,29)30/h1-12H,(H,25,26,27)(H,28,29,30). The lowest BCUT2D eigenvalue weighted by Crippen LogP contribution is -2.03. The van der Waals surface area contributed by atoms with Gasteiger partial charge in [0.1, 0.15) is 15.5 Å². The summed E-state index contributed by atoms with van der Waals surface area (Å²) < 4.78 is 65.5. The molecule has 0 aliphatic rings. The van der Waals surface area contributed by atoms with Gasteiger partial charge in [-0.15, -0.1) is 5.10 Å². The highest BCUT2D eigenvalue weighted by molar-refractivity contribution is 7.86. The summed E-state index contributed by atoms with van der Waals surface area (Å²) in [4.78, 5) is 7.97. The summed E-state index contributed by atoms with van der Waals surface area (Å²) >= 11 is 0. The van der Waals surface area contributed by atoms with E-state index in [0.29, 0.717) is 5.56 Å². The van der Waals surface area contributed by atoms with E-state index in [1.165, 1.54) is 54.9 Å². The summed E-state index contributed by atoms with van der Waals surface area (Å²) in [7, 11) is -8.91. The molecule has 0 spiro atoms. The molecule has 2 heterocycles. The van der Waals surface area contributed by atoms with E-state index in [1.807, 2.05) is 0 Å². The number of rotatable bonds is 5. The van der Waals surface area contributed by atoms with Gasteiger partial charge in [0, 0.05) is 22.9 Å². The van der Waals surface area contributed by atoms with Crippen LogP contribution in [0.25, 0.3) is 33.9 Å². The van der Waals surface area contributed by atoms with Crippen molar-refractivity contribution in [2.45, 2.75) is 9.79 Å². The minimum absolute atomic E-state index is 0.0854. The number of benzene rings is 2. The minimum atomic E-state index is -4.48. The summed E-state index contributed by atoms with van der Waals surface area (Å²) in [5.74, 6) is 0.0854. The van der Waals surface area contributed by atoms with Crippen molar-refractivity contribution < 1.29 is 25.9 Å². The summed E-state index contributed by atoms with van der Waals surface area (Å²) in [6, 6.07) is 14.8. The number of hydrogen-bond acceptors (Lipinski definition) is 8. The lowest BCUT2D eigenvalue weighted by Gasteiger charge is -2.08. The van der Waals surface area contributed by atoms with Crippen molar-refractivity contribution in [3.05, 3.63) is 73.1 Å². The zero-order valence-electron chi connectivity index (χ0n) is 16.1. The third-order valence-electron chi connectivity index (χ3n) is 4.47. The molecular formula is C20H14N4O6S2. The van der Waals surface area contributed by atoms with Crippen LogP contribution >= 0.6 is 0 Å². The molecule has 0 unspecified atom stereocenters. The lowest BCUT2D eigenvalue weighted by molar-refractivity contribution is 0.481. The average Bonchev–Trinajstić information content (AvgIpc) is 2.78. The fourth-order valence-corrected chi connectivity index (χ4v) is 4.48. The Morgan fingerprint density at radius 2 is 1.25 bits per heavy atom. The van der Waals surface area contributed by atoms with Crippen LogP contribution in [0.2, 0.25) is 0 Å². The van der Waals surface area contributed by atoms with Crippen LogP contribution in [0.5, 0.6) is 0 Å². The van der Waals surface area contributed by atoms with Crippen LogP contribution in [-0.4, -0.2) is 46.1 Å². The highest BCUT2D eigenvalue weighted by Gasteiger charge is 2.19. The van der Waals surface area contributed by atoms with Crippen molar-refractivity contribution in [2.75, 3.05) is 0 Å². The fourth-order valence-electron chi connectivity index (χ4n) is 3.06. The van der Waals surface area contributed by atoms with Crippen molar-refractivity contribution in [3.8, 4) is 33.9 Å². The first kappa shape index (κ1) is 21.6. The Morgan fingerprint density at radius 3 is 1.84 bits per heavy atom. The normalized spacial score (nSPS) is 11.9. The molecular weight excluding hydrogens is 456 g/mol. The molecule has 2 aromatic heterocycles. The van der Waals surface area contributed by atoms with Gasteiger partial charge in [0.2, 0.25) is 5.82 Å². The molecule has 4 rings (SSSR count). The Hall–Kier alpha value is -3.58. The molecule has 10 nitrogen and oxygen atoms in total. The number of nitrogens with zero attached hydrogens (tertiary/aromatic N) is 4. The predicted octanol–water partition coefficient (Wildman–Crippen LogP) is 2.76. The third-order valence-corrected chi connectivity index (χ3v) is 6.29. The Morgan fingerprint density at radius 1 is 0.656 bits per heavy atom. The van der Waals surface area contributed by atoms with Crippen molar-refractivity contribution in [3.63, 3.8) is 0 Å². The molecule has 0 atom stereocenters. The molecule has 32 heavy (non-hydrogen) atoms. The predicted molar refractivity (Wildman–Crippen MR) is 114 cm³/mol. The SMILES string of the molecule is O=S(=O)(O)c1ccccc1-c1ccc(-c2nncc(-c3ccccc3S(=O)(=O)O)n2)nc1. The van der Waals surface area contributed by atoms with Crippen molar-refractivity contribution in [2.24, 2.45) is 0 Å². The first-order valence-corrected chi connectivity index (χ1v) is 11.8. The quantitative estimate of drug-likeness (QED) is 0.415. The Labute approximate surface area is 183 Å². The molecule has 0 radical (unpaired) electrons. The molecule has 0 aliphatic carbocycles. The molecule has 162 valence electrons. The van der Waals surface area contributed by atoms with Crippen molar-refractivity contribution >= 4 is 20.2 Å². The van der Waals surface area contributed by atoms with Gasteiger partial charge in [-0.25, -0.2) is 4.98 Å². The molecule has 12 heteroatoms. The van der Waals surface area contributed by atoms with Gasteiger partial charge in [-0.1, -0.05) is 42.5 Å². The van der Waals surface area contributed by atoms with Crippen LogP contribution in [0.4, 0.5) is 0 Å². The molecule has 0 fully saturated rings. The van der Waals surface area contributed by atoms with Gasteiger partial charge in [0.05, 0.1) is 11.9 Å². The van der Waals surface area contributed by atoms with Crippen LogP contribution in [0.1, 0.15) is 0 Å². The number of pyridine rings is 1. The van der Waals surface area contributed by atoms with Gasteiger partial charge in [0.15, 0.2) is 0 Å². The zero-order valence-corrected chi connectivity index (χ0v) is 17.7. The second kappa shape index (κ2) is 8.16. The maximum atomic E-state index is 11.7. The van der Waals surface area contributed by atoms with E-state index in [2.05, 4.69) is 20.2 Å². The molecule has 4 aromatic rings. The highest BCUT2D eigenvalue weighted by atomic mass is 32.2. The Bertz CT molecular complexity index is 1520. The van der Waals surface area contributed by atoms with E-state index in [9.17, 15) is 25.9 Å². The minimum Gasteiger partial charge on any atom is -0.282 e. The summed E-state index contributed by atoms with van der Waals surface area (Å²) in [6.45, 7) is 0. The molecule has 0 saturated carbocycles. The lowest BCUT2D eigenvalue weighted by atomic mass is 10.1. The smallest absolute Gasteiger partial charge is 0.282 e. The first-order valence-electron chi connectivity index (χ1n) is 8.94. The van der Waals surface area contributed by atoms with Gasteiger partial charge in [-0.2, -0.15) is 21.9 Å². The monoisotopic (exact) mass is 470 g/mol. The van der Waals surface area contributed by atoms with E-state index >= 15 is 0 Å². The summed E-state index contributed by atoms with van der Waals surface area (Å²) in [6.07, 6.45) is 2.64. The molecule has 0 aliphatic heterocycles. The van der Waals surface area contributed by atoms with Crippen LogP contribution in [0.3, 0.4) is 0 Å². The van der Waals surface area contributed by atoms with Crippen LogP contribution < -0.4 is 0 Å². The molecule has 2 aromatic carbocycles. The van der Waals surface area contributed by atoms with E-state index in [-0.39, 0.29) is 38.1 Å². The van der Waals surface area contributed by atoms with E-state index < -0.39 is 20.2 Å². The molecule has 0 bridgehead atoms. The molecule has 0 amide bonds. The average molecular weight is 470 g/mol. The van der Waals surface area contributed by atoms with Gasteiger partial charge in [0.25, 0.3) is 20.2 Å². The van der Waals surface area contributed by atoms with Gasteiger partial charge < -0.3 is 0 Å².